The molecular weight excluding hydrogens is 289 g/mol. The summed E-state index contributed by atoms with van der Waals surface area (Å²) < 4.78 is 39.1. The molecule has 0 fully saturated rings. The van der Waals surface area contributed by atoms with Crippen LogP contribution < -0.4 is 0 Å². The average Bonchev–Trinajstić information content (AvgIpc) is 3.06. The van der Waals surface area contributed by atoms with Gasteiger partial charge in [0.15, 0.2) is 0 Å². The number of hydrogen-bond donors (Lipinski definition) is 1. The van der Waals surface area contributed by atoms with Crippen molar-refractivity contribution in [2.45, 2.75) is 6.18 Å². The van der Waals surface area contributed by atoms with Crippen molar-refractivity contribution in [2.75, 3.05) is 0 Å². The van der Waals surface area contributed by atoms with Crippen LogP contribution in [-0.4, -0.2) is 20.0 Å². The molecule has 4 nitrogen and oxygen atoms in total. The molecule has 0 saturated carbocycles. The highest BCUT2D eigenvalue weighted by atomic mass is 32.1. The predicted molar refractivity (Wildman–Crippen MR) is 69.1 cm³/mol. The molecule has 0 saturated heterocycles. The Morgan fingerprint density at radius 3 is 2.55 bits per heavy atom. The van der Waals surface area contributed by atoms with Gasteiger partial charge >= 0.3 is 6.18 Å². The number of aromatic nitrogens is 4. The fraction of sp³-hybridized carbons (Fsp3) is 0.167. The van der Waals surface area contributed by atoms with Crippen molar-refractivity contribution in [1.29, 1.82) is 0 Å². The molecule has 3 aromatic rings. The van der Waals surface area contributed by atoms with E-state index in [4.69, 9.17) is 0 Å². The van der Waals surface area contributed by atoms with Gasteiger partial charge in [-0.25, -0.2) is 0 Å². The van der Waals surface area contributed by atoms with E-state index in [1.54, 1.807) is 18.3 Å². The zero-order chi connectivity index (χ0) is 14.3. The van der Waals surface area contributed by atoms with Gasteiger partial charge in [0.05, 0.1) is 15.4 Å². The molecular formula is C12H9F3N4S. The van der Waals surface area contributed by atoms with Crippen LogP contribution >= 0.6 is 11.3 Å². The number of aryl methyl sites for hydroxylation is 1. The van der Waals surface area contributed by atoms with E-state index < -0.39 is 11.9 Å². The highest BCUT2D eigenvalue weighted by Gasteiger charge is 2.35. The van der Waals surface area contributed by atoms with E-state index in [0.29, 0.717) is 10.6 Å². The first kappa shape index (κ1) is 12.9. The van der Waals surface area contributed by atoms with E-state index in [9.17, 15) is 13.2 Å². The Morgan fingerprint density at radius 1 is 1.20 bits per heavy atom. The highest BCUT2D eigenvalue weighted by molar-refractivity contribution is 7.18. The summed E-state index contributed by atoms with van der Waals surface area (Å²) in [5, 5.41) is 10.6. The SMILES string of the molecule is Cn1nc(-c2ccc(-c3ccn[nH]3)s2)cc1C(F)(F)F. The summed E-state index contributed by atoms with van der Waals surface area (Å²) in [6.07, 6.45) is -2.78. The summed E-state index contributed by atoms with van der Waals surface area (Å²) in [5.41, 5.74) is 0.382. The van der Waals surface area contributed by atoms with Crippen LogP contribution in [0.4, 0.5) is 13.2 Å². The number of nitrogens with zero attached hydrogens (tertiary/aromatic N) is 3. The van der Waals surface area contributed by atoms with Crippen LogP contribution in [0.5, 0.6) is 0 Å². The van der Waals surface area contributed by atoms with E-state index in [1.165, 1.54) is 18.4 Å². The van der Waals surface area contributed by atoms with Crippen LogP contribution in [0.3, 0.4) is 0 Å². The Labute approximate surface area is 115 Å². The lowest BCUT2D eigenvalue weighted by atomic mass is 10.3. The topological polar surface area (TPSA) is 46.5 Å². The third-order valence-corrected chi connectivity index (χ3v) is 3.94. The maximum absolute atomic E-state index is 12.7. The zero-order valence-corrected chi connectivity index (χ0v) is 11.1. The monoisotopic (exact) mass is 298 g/mol. The summed E-state index contributed by atoms with van der Waals surface area (Å²) in [6.45, 7) is 0. The average molecular weight is 298 g/mol. The fourth-order valence-electron chi connectivity index (χ4n) is 1.87. The molecule has 0 aliphatic heterocycles. The molecule has 3 rings (SSSR count). The number of alkyl halides is 3. The number of halogens is 3. The lowest BCUT2D eigenvalue weighted by molar-refractivity contribution is -0.143. The molecule has 0 amide bonds. The Bertz CT molecular complexity index is 724. The summed E-state index contributed by atoms with van der Waals surface area (Å²) in [6, 6.07) is 6.44. The lowest BCUT2D eigenvalue weighted by Crippen LogP contribution is -2.11. The molecule has 3 aromatic heterocycles. The molecule has 104 valence electrons. The molecule has 0 spiro atoms. The molecule has 1 N–H and O–H groups in total. The van der Waals surface area contributed by atoms with E-state index in [1.807, 2.05) is 6.07 Å². The van der Waals surface area contributed by atoms with Gasteiger partial charge in [0, 0.05) is 13.2 Å². The maximum atomic E-state index is 12.7. The van der Waals surface area contributed by atoms with E-state index in [2.05, 4.69) is 15.3 Å². The summed E-state index contributed by atoms with van der Waals surface area (Å²) in [7, 11) is 1.29. The fourth-order valence-corrected chi connectivity index (χ4v) is 2.80. The first-order valence-electron chi connectivity index (χ1n) is 5.66. The van der Waals surface area contributed by atoms with Gasteiger partial charge in [0.1, 0.15) is 11.4 Å². The van der Waals surface area contributed by atoms with E-state index in [0.717, 1.165) is 21.3 Å². The van der Waals surface area contributed by atoms with Gasteiger partial charge in [-0.05, 0) is 24.3 Å². The third kappa shape index (κ3) is 2.22. The lowest BCUT2D eigenvalue weighted by Gasteiger charge is -2.04. The van der Waals surface area contributed by atoms with Crippen LogP contribution in [-0.2, 0) is 13.2 Å². The van der Waals surface area contributed by atoms with Crippen molar-refractivity contribution in [3.63, 3.8) is 0 Å². The summed E-state index contributed by atoms with van der Waals surface area (Å²) in [5.74, 6) is 0. The standard InChI is InChI=1S/C12H9F3N4S/c1-19-11(12(13,14)15)6-8(18-19)10-3-2-9(20-10)7-4-5-16-17-7/h2-6H,1H3,(H,16,17). The Kier molecular flexibility index (Phi) is 2.89. The molecule has 0 radical (unpaired) electrons. The minimum absolute atomic E-state index is 0.315. The van der Waals surface area contributed by atoms with Crippen LogP contribution in [0.2, 0.25) is 0 Å². The second-order valence-corrected chi connectivity index (χ2v) is 5.25. The van der Waals surface area contributed by atoms with Gasteiger partial charge in [-0.1, -0.05) is 0 Å². The molecule has 0 atom stereocenters. The first-order valence-corrected chi connectivity index (χ1v) is 6.48. The largest absolute Gasteiger partial charge is 0.433 e. The van der Waals surface area contributed by atoms with Crippen LogP contribution in [0.25, 0.3) is 21.1 Å². The van der Waals surface area contributed by atoms with Crippen molar-refractivity contribution in [2.24, 2.45) is 7.05 Å². The molecule has 3 heterocycles. The summed E-state index contributed by atoms with van der Waals surface area (Å²) in [4.78, 5) is 1.58. The first-order chi connectivity index (χ1) is 9.45. The smallest absolute Gasteiger partial charge is 0.277 e. The van der Waals surface area contributed by atoms with Gasteiger partial charge in [-0.2, -0.15) is 23.4 Å². The Morgan fingerprint density at radius 2 is 1.95 bits per heavy atom. The highest BCUT2D eigenvalue weighted by Crippen LogP contribution is 2.36. The second-order valence-electron chi connectivity index (χ2n) is 4.17. The molecule has 0 unspecified atom stereocenters. The van der Waals surface area contributed by atoms with Gasteiger partial charge < -0.3 is 0 Å². The number of rotatable bonds is 2. The normalized spacial score (nSPS) is 12.0. The van der Waals surface area contributed by atoms with Gasteiger partial charge in [0.2, 0.25) is 0 Å². The van der Waals surface area contributed by atoms with Crippen LogP contribution in [0.15, 0.2) is 30.5 Å². The van der Waals surface area contributed by atoms with Crippen molar-refractivity contribution >= 4 is 11.3 Å². The molecule has 0 aromatic carbocycles. The quantitative estimate of drug-likeness (QED) is 0.786. The van der Waals surface area contributed by atoms with Crippen molar-refractivity contribution in [1.82, 2.24) is 20.0 Å². The number of nitrogens with one attached hydrogen (secondary N) is 1. The minimum atomic E-state index is -4.40. The van der Waals surface area contributed by atoms with Crippen molar-refractivity contribution in [3.05, 3.63) is 36.2 Å². The molecule has 8 heteroatoms. The minimum Gasteiger partial charge on any atom is -0.277 e. The number of thiophene rings is 1. The predicted octanol–water partition coefficient (Wildman–Crippen LogP) is 3.56. The van der Waals surface area contributed by atoms with Crippen LogP contribution in [0.1, 0.15) is 5.69 Å². The molecule has 20 heavy (non-hydrogen) atoms. The zero-order valence-electron chi connectivity index (χ0n) is 10.3. The van der Waals surface area contributed by atoms with Gasteiger partial charge in [-0.3, -0.25) is 9.78 Å². The maximum Gasteiger partial charge on any atom is 0.433 e. The van der Waals surface area contributed by atoms with Gasteiger partial charge in [0.25, 0.3) is 0 Å². The van der Waals surface area contributed by atoms with Crippen molar-refractivity contribution < 1.29 is 13.2 Å². The van der Waals surface area contributed by atoms with E-state index >= 15 is 0 Å². The van der Waals surface area contributed by atoms with Gasteiger partial charge in [-0.15, -0.1) is 11.3 Å². The van der Waals surface area contributed by atoms with Crippen molar-refractivity contribution in [3.8, 4) is 21.1 Å². The Balaban J connectivity index is 1.98. The summed E-state index contributed by atoms with van der Waals surface area (Å²) >= 11 is 1.36. The molecule has 0 bridgehead atoms. The molecule has 0 aliphatic carbocycles. The number of hydrogen-bond acceptors (Lipinski definition) is 3. The number of H-pyrrole nitrogens is 1. The Hall–Kier alpha value is -2.09. The number of aromatic amines is 1. The van der Waals surface area contributed by atoms with Crippen LogP contribution in [0, 0.1) is 0 Å². The third-order valence-electron chi connectivity index (χ3n) is 2.79. The second kappa shape index (κ2) is 4.48. The van der Waals surface area contributed by atoms with E-state index in [-0.39, 0.29) is 0 Å². The molecule has 0 aliphatic rings.